The molecule has 0 saturated heterocycles. The summed E-state index contributed by atoms with van der Waals surface area (Å²) in [6, 6.07) is 30.6. The third kappa shape index (κ3) is 7.98. The van der Waals surface area contributed by atoms with Crippen LogP contribution in [0, 0.1) is 0 Å². The van der Waals surface area contributed by atoms with Gasteiger partial charge in [-0.3, -0.25) is 9.59 Å². The van der Waals surface area contributed by atoms with Gasteiger partial charge in [-0.1, -0.05) is 91.0 Å². The average molecular weight is 620 g/mol. The van der Waals surface area contributed by atoms with Gasteiger partial charge >= 0.3 is 12.1 Å². The van der Waals surface area contributed by atoms with E-state index in [9.17, 15) is 24.3 Å². The van der Waals surface area contributed by atoms with Crippen LogP contribution < -0.4 is 15.5 Å². The molecule has 236 valence electrons. The Morgan fingerprint density at radius 1 is 0.870 bits per heavy atom. The zero-order valence-electron chi connectivity index (χ0n) is 25.9. The number of carbonyl (C=O) groups is 4. The van der Waals surface area contributed by atoms with Gasteiger partial charge in [0.2, 0.25) is 11.8 Å². The van der Waals surface area contributed by atoms with Crippen molar-refractivity contribution in [3.8, 4) is 11.1 Å². The number of fused-ring (bicyclic) bond motifs is 1. The molecule has 4 aromatic carbocycles. The minimum Gasteiger partial charge on any atom is -0.478 e. The van der Waals surface area contributed by atoms with Crippen molar-refractivity contribution in [3.05, 3.63) is 125 Å². The van der Waals surface area contributed by atoms with E-state index in [1.165, 1.54) is 0 Å². The van der Waals surface area contributed by atoms with Crippen LogP contribution in [0.2, 0.25) is 0 Å². The van der Waals surface area contributed by atoms with Crippen LogP contribution in [0.3, 0.4) is 0 Å². The first-order valence-electron chi connectivity index (χ1n) is 15.2. The molecule has 0 aliphatic carbocycles. The largest absolute Gasteiger partial charge is 0.478 e. The van der Waals surface area contributed by atoms with E-state index in [2.05, 4.69) is 10.6 Å². The molecule has 1 aliphatic rings. The first kappa shape index (κ1) is 32.0. The standard InChI is InChI=1S/C37H37N3O6/c1-37(2,39-36(45)46-24-26-10-4-3-5-11-26)22-33(41)38-31-21-20-28-12-6-9-15-32(28)40(34(31)42)23-25-16-18-27(19-17-25)29-13-7-8-14-30(29)35(43)44/h3-19,31H,20-24H2,1-2H3,(H,38,41)(H,39,45)(H,43,44)/t31-/m1/s1. The summed E-state index contributed by atoms with van der Waals surface area (Å²) in [4.78, 5) is 53.0. The van der Waals surface area contributed by atoms with Gasteiger partial charge in [0.05, 0.1) is 12.1 Å². The summed E-state index contributed by atoms with van der Waals surface area (Å²) >= 11 is 0. The molecule has 0 radical (unpaired) electrons. The Morgan fingerprint density at radius 3 is 2.28 bits per heavy atom. The highest BCUT2D eigenvalue weighted by Gasteiger charge is 2.33. The number of ether oxygens (including phenoxy) is 1. The fraction of sp³-hybridized carbons (Fsp3) is 0.243. The topological polar surface area (TPSA) is 125 Å². The van der Waals surface area contributed by atoms with Crippen molar-refractivity contribution in [2.24, 2.45) is 0 Å². The third-order valence-corrected chi connectivity index (χ3v) is 7.90. The number of benzene rings is 4. The molecule has 4 aromatic rings. The van der Waals surface area contributed by atoms with E-state index in [0.29, 0.717) is 18.4 Å². The fourth-order valence-electron chi connectivity index (χ4n) is 5.63. The molecule has 46 heavy (non-hydrogen) atoms. The number of carbonyl (C=O) groups excluding carboxylic acids is 3. The number of nitrogens with zero attached hydrogens (tertiary/aromatic N) is 1. The van der Waals surface area contributed by atoms with Crippen molar-refractivity contribution in [2.75, 3.05) is 4.90 Å². The molecule has 0 spiro atoms. The van der Waals surface area contributed by atoms with Gasteiger partial charge in [0.25, 0.3) is 0 Å². The molecule has 1 atom stereocenters. The van der Waals surface area contributed by atoms with E-state index in [4.69, 9.17) is 4.74 Å². The second-order valence-electron chi connectivity index (χ2n) is 12.0. The molecule has 5 rings (SSSR count). The number of carboxylic acid groups (broad SMARTS) is 1. The number of amides is 3. The molecular formula is C37H37N3O6. The van der Waals surface area contributed by atoms with Gasteiger partial charge in [0.1, 0.15) is 12.6 Å². The van der Waals surface area contributed by atoms with Crippen LogP contribution in [-0.4, -0.2) is 40.6 Å². The minimum atomic E-state index is -0.998. The lowest BCUT2D eigenvalue weighted by molar-refractivity contribution is -0.128. The van der Waals surface area contributed by atoms with Crippen molar-refractivity contribution in [3.63, 3.8) is 0 Å². The quantitative estimate of drug-likeness (QED) is 0.197. The zero-order chi connectivity index (χ0) is 32.7. The molecule has 0 saturated carbocycles. The first-order chi connectivity index (χ1) is 22.1. The Morgan fingerprint density at radius 2 is 1.54 bits per heavy atom. The second kappa shape index (κ2) is 14.1. The van der Waals surface area contributed by atoms with E-state index in [-0.39, 0.29) is 37.0 Å². The molecule has 0 fully saturated rings. The molecule has 1 aliphatic heterocycles. The van der Waals surface area contributed by atoms with Crippen LogP contribution in [0.5, 0.6) is 0 Å². The Balaban J connectivity index is 1.26. The molecule has 0 aromatic heterocycles. The predicted molar refractivity (Wildman–Crippen MR) is 175 cm³/mol. The SMILES string of the molecule is CC(C)(CC(=O)N[C@@H]1CCc2ccccc2N(Cc2ccc(-c3ccccc3C(=O)O)cc2)C1=O)NC(=O)OCc1ccccc1. The molecule has 0 bridgehead atoms. The van der Waals surface area contributed by atoms with Crippen LogP contribution in [0.25, 0.3) is 11.1 Å². The van der Waals surface area contributed by atoms with Crippen molar-refractivity contribution < 1.29 is 29.0 Å². The van der Waals surface area contributed by atoms with E-state index in [0.717, 1.165) is 27.9 Å². The minimum absolute atomic E-state index is 0.0521. The third-order valence-electron chi connectivity index (χ3n) is 7.90. The summed E-state index contributed by atoms with van der Waals surface area (Å²) in [7, 11) is 0. The predicted octanol–water partition coefficient (Wildman–Crippen LogP) is 6.11. The molecule has 3 amide bonds. The monoisotopic (exact) mass is 619 g/mol. The number of hydrogen-bond donors (Lipinski definition) is 3. The highest BCUT2D eigenvalue weighted by molar-refractivity contribution is 6.00. The number of anilines is 1. The van der Waals surface area contributed by atoms with Gasteiger partial charge in [-0.15, -0.1) is 0 Å². The maximum atomic E-state index is 14.0. The highest BCUT2D eigenvalue weighted by atomic mass is 16.5. The Bertz CT molecular complexity index is 1720. The van der Waals surface area contributed by atoms with Crippen LogP contribution in [-0.2, 0) is 33.9 Å². The number of carboxylic acids is 1. The van der Waals surface area contributed by atoms with Crippen LogP contribution in [0.1, 0.15) is 53.7 Å². The van der Waals surface area contributed by atoms with Gasteiger partial charge in [-0.2, -0.15) is 0 Å². The van der Waals surface area contributed by atoms with Crippen LogP contribution in [0.4, 0.5) is 10.5 Å². The van der Waals surface area contributed by atoms with Crippen LogP contribution >= 0.6 is 0 Å². The normalized spacial score (nSPS) is 14.5. The number of aromatic carboxylic acids is 1. The number of alkyl carbamates (subject to hydrolysis) is 1. The lowest BCUT2D eigenvalue weighted by Gasteiger charge is -2.28. The summed E-state index contributed by atoms with van der Waals surface area (Å²) in [5.74, 6) is -1.59. The summed E-state index contributed by atoms with van der Waals surface area (Å²) < 4.78 is 5.32. The molecule has 9 heteroatoms. The van der Waals surface area contributed by atoms with Crippen molar-refractivity contribution >= 4 is 29.6 Å². The summed E-state index contributed by atoms with van der Waals surface area (Å²) in [6.07, 6.45) is 0.340. The number of hydrogen-bond acceptors (Lipinski definition) is 5. The zero-order valence-corrected chi connectivity index (χ0v) is 25.9. The average Bonchev–Trinajstić information content (AvgIpc) is 3.16. The van der Waals surface area contributed by atoms with Gasteiger partial charge in [-0.05, 0) is 66.6 Å². The Labute approximate surface area is 268 Å². The first-order valence-corrected chi connectivity index (χ1v) is 15.2. The highest BCUT2D eigenvalue weighted by Crippen LogP contribution is 2.30. The van der Waals surface area contributed by atoms with E-state index >= 15 is 0 Å². The smallest absolute Gasteiger partial charge is 0.407 e. The van der Waals surface area contributed by atoms with Gasteiger partial charge < -0.3 is 25.4 Å². The van der Waals surface area contributed by atoms with Crippen molar-refractivity contribution in [1.82, 2.24) is 10.6 Å². The maximum Gasteiger partial charge on any atom is 0.407 e. The van der Waals surface area contributed by atoms with Gasteiger partial charge in [0.15, 0.2) is 0 Å². The molecule has 3 N–H and O–H groups in total. The molecule has 9 nitrogen and oxygen atoms in total. The summed E-state index contributed by atoms with van der Waals surface area (Å²) in [5.41, 5.74) is 4.16. The Hall–Kier alpha value is -5.44. The maximum absolute atomic E-state index is 14.0. The summed E-state index contributed by atoms with van der Waals surface area (Å²) in [6.45, 7) is 3.83. The molecule has 1 heterocycles. The molecular weight excluding hydrogens is 582 g/mol. The summed E-state index contributed by atoms with van der Waals surface area (Å²) in [5, 5.41) is 15.3. The van der Waals surface area contributed by atoms with E-state index in [1.54, 1.807) is 43.0 Å². The van der Waals surface area contributed by atoms with Crippen molar-refractivity contribution in [1.29, 1.82) is 0 Å². The van der Waals surface area contributed by atoms with E-state index in [1.807, 2.05) is 78.9 Å². The second-order valence-corrected chi connectivity index (χ2v) is 12.0. The molecule has 0 unspecified atom stereocenters. The van der Waals surface area contributed by atoms with Crippen molar-refractivity contribution in [2.45, 2.75) is 57.8 Å². The van der Waals surface area contributed by atoms with Crippen LogP contribution in [0.15, 0.2) is 103 Å². The number of nitrogens with one attached hydrogen (secondary N) is 2. The number of rotatable bonds is 10. The van der Waals surface area contributed by atoms with Gasteiger partial charge in [0, 0.05) is 17.6 Å². The fourth-order valence-corrected chi connectivity index (χ4v) is 5.63. The Kier molecular flexibility index (Phi) is 9.81. The lowest BCUT2D eigenvalue weighted by Crippen LogP contribution is -2.51. The van der Waals surface area contributed by atoms with E-state index < -0.39 is 23.6 Å². The van der Waals surface area contributed by atoms with Gasteiger partial charge in [-0.25, -0.2) is 9.59 Å². The number of para-hydroxylation sites is 1. The number of aryl methyl sites for hydroxylation is 1. The lowest BCUT2D eigenvalue weighted by atomic mass is 9.98.